The summed E-state index contributed by atoms with van der Waals surface area (Å²) in [6.45, 7) is 8.90. The minimum Gasteiger partial charge on any atom is -0.356 e. The van der Waals surface area contributed by atoms with E-state index in [4.69, 9.17) is 0 Å². The van der Waals surface area contributed by atoms with Crippen LogP contribution in [-0.4, -0.2) is 46.9 Å². The highest BCUT2D eigenvalue weighted by Crippen LogP contribution is 2.24. The first-order valence-corrected chi connectivity index (χ1v) is 9.58. The van der Waals surface area contributed by atoms with Crippen LogP contribution in [0.15, 0.2) is 29.2 Å². The molecule has 1 aliphatic rings. The van der Waals surface area contributed by atoms with Crippen molar-refractivity contribution in [1.29, 1.82) is 0 Å². The van der Waals surface area contributed by atoms with Gasteiger partial charge in [0.25, 0.3) is 5.56 Å². The van der Waals surface area contributed by atoms with Crippen LogP contribution in [0.25, 0.3) is 0 Å². The summed E-state index contributed by atoms with van der Waals surface area (Å²) in [6.07, 6.45) is 3.86. The average molecular weight is 371 g/mol. The van der Waals surface area contributed by atoms with Gasteiger partial charge in [0, 0.05) is 51.4 Å². The van der Waals surface area contributed by atoms with Crippen molar-refractivity contribution in [3.05, 3.63) is 40.4 Å². The molecule has 2 aromatic rings. The van der Waals surface area contributed by atoms with E-state index in [-0.39, 0.29) is 11.0 Å². The highest BCUT2D eigenvalue weighted by Gasteiger charge is 2.23. The molecule has 1 fully saturated rings. The standard InChI is InChI=1S/C20H30N6O/c1-20(2,3)16-6-7-18(27)26(23-16)14-15-9-12-25(13-10-15)17-8-11-21-19(22-17)24(4)5/h6-8,11,15H,9-10,12-14H2,1-5H3. The third-order valence-electron chi connectivity index (χ3n) is 5.03. The zero-order valence-electron chi connectivity index (χ0n) is 17.0. The van der Waals surface area contributed by atoms with Crippen molar-refractivity contribution in [3.63, 3.8) is 0 Å². The molecule has 3 heterocycles. The van der Waals surface area contributed by atoms with E-state index in [1.165, 1.54) is 0 Å². The Morgan fingerprint density at radius 2 is 1.85 bits per heavy atom. The van der Waals surface area contributed by atoms with Crippen molar-refractivity contribution in [2.24, 2.45) is 5.92 Å². The van der Waals surface area contributed by atoms with E-state index in [1.54, 1.807) is 10.7 Å². The van der Waals surface area contributed by atoms with E-state index in [1.807, 2.05) is 37.3 Å². The normalized spacial score (nSPS) is 15.8. The Balaban J connectivity index is 1.65. The van der Waals surface area contributed by atoms with Gasteiger partial charge in [0.1, 0.15) is 5.82 Å². The van der Waals surface area contributed by atoms with Gasteiger partial charge in [0.2, 0.25) is 5.95 Å². The Bertz CT molecular complexity index is 831. The van der Waals surface area contributed by atoms with Gasteiger partial charge in [-0.15, -0.1) is 0 Å². The second kappa shape index (κ2) is 7.66. The lowest BCUT2D eigenvalue weighted by Gasteiger charge is -2.33. The van der Waals surface area contributed by atoms with Gasteiger partial charge in [-0.25, -0.2) is 9.67 Å². The maximum absolute atomic E-state index is 12.2. The predicted molar refractivity (Wildman–Crippen MR) is 108 cm³/mol. The van der Waals surface area contributed by atoms with Crippen LogP contribution in [0.2, 0.25) is 0 Å². The number of rotatable bonds is 4. The molecule has 0 saturated carbocycles. The third-order valence-corrected chi connectivity index (χ3v) is 5.03. The summed E-state index contributed by atoms with van der Waals surface area (Å²) < 4.78 is 1.65. The second-order valence-electron chi connectivity index (χ2n) is 8.53. The van der Waals surface area contributed by atoms with Crippen molar-refractivity contribution >= 4 is 11.8 Å². The molecule has 146 valence electrons. The molecular formula is C20H30N6O. The van der Waals surface area contributed by atoms with E-state index in [0.717, 1.165) is 43.4 Å². The lowest BCUT2D eigenvalue weighted by Crippen LogP contribution is -2.37. The molecule has 0 amide bonds. The SMILES string of the molecule is CN(C)c1nccc(N2CCC(Cn3nc(C(C)(C)C)ccc3=O)CC2)n1. The van der Waals surface area contributed by atoms with Gasteiger partial charge in [-0.3, -0.25) is 4.79 Å². The lowest BCUT2D eigenvalue weighted by atomic mass is 9.92. The molecule has 0 aromatic carbocycles. The molecule has 7 heteroatoms. The molecule has 2 aromatic heterocycles. The Morgan fingerprint density at radius 3 is 2.48 bits per heavy atom. The Morgan fingerprint density at radius 1 is 1.15 bits per heavy atom. The fraction of sp³-hybridized carbons (Fsp3) is 0.600. The molecule has 0 atom stereocenters. The van der Waals surface area contributed by atoms with Crippen LogP contribution in [0.1, 0.15) is 39.3 Å². The number of nitrogens with zero attached hydrogens (tertiary/aromatic N) is 6. The van der Waals surface area contributed by atoms with Crippen molar-refractivity contribution in [2.45, 2.75) is 45.6 Å². The van der Waals surface area contributed by atoms with Gasteiger partial charge in [0.05, 0.1) is 5.69 Å². The van der Waals surface area contributed by atoms with Gasteiger partial charge in [-0.05, 0) is 30.9 Å². The van der Waals surface area contributed by atoms with E-state index < -0.39 is 0 Å². The van der Waals surface area contributed by atoms with Crippen LogP contribution in [-0.2, 0) is 12.0 Å². The quantitative estimate of drug-likeness (QED) is 0.823. The number of hydrogen-bond acceptors (Lipinski definition) is 6. The fourth-order valence-electron chi connectivity index (χ4n) is 3.30. The number of anilines is 2. The highest BCUT2D eigenvalue weighted by atomic mass is 16.1. The summed E-state index contributed by atoms with van der Waals surface area (Å²) in [6, 6.07) is 5.46. The number of piperidine rings is 1. The summed E-state index contributed by atoms with van der Waals surface area (Å²) in [7, 11) is 3.89. The molecule has 1 aliphatic heterocycles. The topological polar surface area (TPSA) is 67.2 Å². The fourth-order valence-corrected chi connectivity index (χ4v) is 3.30. The molecule has 1 saturated heterocycles. The van der Waals surface area contributed by atoms with Gasteiger partial charge in [-0.2, -0.15) is 10.1 Å². The minimum absolute atomic E-state index is 0.0168. The first kappa shape index (κ1) is 19.3. The van der Waals surface area contributed by atoms with Crippen molar-refractivity contribution in [2.75, 3.05) is 37.0 Å². The Hall–Kier alpha value is -2.44. The van der Waals surface area contributed by atoms with Crippen molar-refractivity contribution in [3.8, 4) is 0 Å². The lowest BCUT2D eigenvalue weighted by molar-refractivity contribution is 0.329. The maximum Gasteiger partial charge on any atom is 0.266 e. The minimum atomic E-state index is -0.0595. The van der Waals surface area contributed by atoms with Crippen LogP contribution in [0.4, 0.5) is 11.8 Å². The molecule has 0 N–H and O–H groups in total. The highest BCUT2D eigenvalue weighted by molar-refractivity contribution is 5.43. The monoisotopic (exact) mass is 370 g/mol. The summed E-state index contributed by atoms with van der Waals surface area (Å²) in [5.41, 5.74) is 0.879. The zero-order chi connectivity index (χ0) is 19.6. The molecule has 0 aliphatic carbocycles. The van der Waals surface area contributed by atoms with Crippen LogP contribution < -0.4 is 15.4 Å². The zero-order valence-corrected chi connectivity index (χ0v) is 17.0. The molecule has 0 unspecified atom stereocenters. The summed E-state index contributed by atoms with van der Waals surface area (Å²) >= 11 is 0. The number of hydrogen-bond donors (Lipinski definition) is 0. The van der Waals surface area contributed by atoms with Gasteiger partial charge in [0.15, 0.2) is 0 Å². The average Bonchev–Trinajstić information content (AvgIpc) is 2.63. The summed E-state index contributed by atoms with van der Waals surface area (Å²) in [5, 5.41) is 4.61. The van der Waals surface area contributed by atoms with Crippen LogP contribution in [0.3, 0.4) is 0 Å². The van der Waals surface area contributed by atoms with Crippen molar-refractivity contribution in [1.82, 2.24) is 19.7 Å². The first-order chi connectivity index (χ1) is 12.7. The molecular weight excluding hydrogens is 340 g/mol. The van der Waals surface area contributed by atoms with Gasteiger partial charge in [-0.1, -0.05) is 20.8 Å². The van der Waals surface area contributed by atoms with E-state index >= 15 is 0 Å². The first-order valence-electron chi connectivity index (χ1n) is 9.58. The summed E-state index contributed by atoms with van der Waals surface area (Å²) in [5.74, 6) is 2.15. The second-order valence-corrected chi connectivity index (χ2v) is 8.53. The smallest absolute Gasteiger partial charge is 0.266 e. The van der Waals surface area contributed by atoms with Crippen molar-refractivity contribution < 1.29 is 0 Å². The van der Waals surface area contributed by atoms with Crippen LogP contribution >= 0.6 is 0 Å². The summed E-state index contributed by atoms with van der Waals surface area (Å²) in [4.78, 5) is 25.4. The molecule has 0 spiro atoms. The van der Waals surface area contributed by atoms with Gasteiger partial charge >= 0.3 is 0 Å². The van der Waals surface area contributed by atoms with Crippen LogP contribution in [0.5, 0.6) is 0 Å². The third kappa shape index (κ3) is 4.64. The molecule has 3 rings (SSSR count). The van der Waals surface area contributed by atoms with E-state index in [2.05, 4.69) is 40.7 Å². The maximum atomic E-state index is 12.2. The predicted octanol–water partition coefficient (Wildman–Crippen LogP) is 2.31. The van der Waals surface area contributed by atoms with Crippen LogP contribution in [0, 0.1) is 5.92 Å². The Labute approximate surface area is 161 Å². The molecule has 0 bridgehead atoms. The van der Waals surface area contributed by atoms with Gasteiger partial charge < -0.3 is 9.80 Å². The van der Waals surface area contributed by atoms with E-state index in [9.17, 15) is 4.79 Å². The number of aromatic nitrogens is 4. The molecule has 27 heavy (non-hydrogen) atoms. The molecule has 7 nitrogen and oxygen atoms in total. The molecule has 0 radical (unpaired) electrons. The largest absolute Gasteiger partial charge is 0.356 e. The van der Waals surface area contributed by atoms with E-state index in [0.29, 0.717) is 12.5 Å². The Kier molecular flexibility index (Phi) is 5.48.